The highest BCUT2D eigenvalue weighted by Crippen LogP contribution is 2.44. The van der Waals surface area contributed by atoms with Gasteiger partial charge in [-0.3, -0.25) is 24.3 Å². The Balaban J connectivity index is 0.942. The maximum absolute atomic E-state index is 15.9. The molecular weight excluding hydrogens is 999 g/mol. The number of alkyl halides is 6. The van der Waals surface area contributed by atoms with Crippen LogP contribution in [0.4, 0.5) is 46.5 Å². The molecule has 388 valence electrons. The van der Waals surface area contributed by atoms with Crippen LogP contribution in [0.15, 0.2) is 59.6 Å². The van der Waals surface area contributed by atoms with Crippen molar-refractivity contribution in [2.75, 3.05) is 36.2 Å². The van der Waals surface area contributed by atoms with Gasteiger partial charge in [-0.15, -0.1) is 0 Å². The van der Waals surface area contributed by atoms with Gasteiger partial charge in [-0.25, -0.2) is 18.7 Å². The summed E-state index contributed by atoms with van der Waals surface area (Å²) in [6, 6.07) is 4.52. The molecule has 0 unspecified atom stereocenters. The van der Waals surface area contributed by atoms with Gasteiger partial charge in [-0.2, -0.15) is 31.6 Å². The number of oxazole rings is 1. The standard InChI is InChI=1S/C48H47F8N9O7S/c1-24-39(72-23-60-24)32-20-59-41(61-32)34-16-27(66)21-63(34)42(68)40(45(2,3)4)62-35(67)22-70-13-7-8-14-71-28-10-11-29(30(17-28)47(51,52)53)38-31(49)15-26(19-58-38)65-44(73)64(43(69)46(65,5)6)33-12-9-25(18-57)36(37(33)50)48(54,55)56/h9-12,15,17,19-20,23,27,34,40,66H,7-8,13-14,16,21-22H2,1-6H3,(H,59,61)(H,62,67)/t27-,34+,40-/m1/s1. The highest BCUT2D eigenvalue weighted by atomic mass is 32.1. The van der Waals surface area contributed by atoms with E-state index in [1.54, 1.807) is 33.9 Å². The van der Waals surface area contributed by atoms with E-state index in [4.69, 9.17) is 31.4 Å². The number of benzene rings is 2. The predicted molar refractivity (Wildman–Crippen MR) is 248 cm³/mol. The number of nitrogens with one attached hydrogen (secondary N) is 2. The number of likely N-dealkylation sites (tertiary alicyclic amines) is 1. The van der Waals surface area contributed by atoms with E-state index >= 15 is 8.78 Å². The van der Waals surface area contributed by atoms with Gasteiger partial charge in [-0.05, 0) is 81.6 Å². The number of amides is 3. The van der Waals surface area contributed by atoms with Crippen LogP contribution in [0.5, 0.6) is 5.75 Å². The second-order valence-electron chi connectivity index (χ2n) is 18.8. The Morgan fingerprint density at radius 3 is 2.37 bits per heavy atom. The lowest BCUT2D eigenvalue weighted by Crippen LogP contribution is -2.55. The minimum absolute atomic E-state index is 0.00591. The number of pyridine rings is 1. The number of anilines is 2. The zero-order chi connectivity index (χ0) is 53.5. The number of halogens is 8. The Bertz CT molecular complexity index is 2980. The lowest BCUT2D eigenvalue weighted by Gasteiger charge is -2.35. The molecule has 2 fully saturated rings. The van der Waals surface area contributed by atoms with E-state index in [2.05, 4.69) is 25.3 Å². The summed E-state index contributed by atoms with van der Waals surface area (Å²) in [5.74, 6) is -4.66. The van der Waals surface area contributed by atoms with Crippen LogP contribution in [0.2, 0.25) is 0 Å². The van der Waals surface area contributed by atoms with Crippen LogP contribution in [0.3, 0.4) is 0 Å². The molecule has 2 aliphatic rings. The van der Waals surface area contributed by atoms with Crippen LogP contribution in [0, 0.1) is 35.3 Å². The summed E-state index contributed by atoms with van der Waals surface area (Å²) in [4.78, 5) is 59.2. The Morgan fingerprint density at radius 1 is 1.03 bits per heavy atom. The van der Waals surface area contributed by atoms with E-state index in [1.807, 2.05) is 0 Å². The molecule has 0 spiro atoms. The Morgan fingerprint density at radius 2 is 1.74 bits per heavy atom. The Hall–Kier alpha value is -7.04. The summed E-state index contributed by atoms with van der Waals surface area (Å²) in [7, 11) is 0. The van der Waals surface area contributed by atoms with Crippen LogP contribution in [-0.2, 0) is 31.5 Å². The van der Waals surface area contributed by atoms with Crippen molar-refractivity contribution in [2.45, 2.75) is 96.9 Å². The Kier molecular flexibility index (Phi) is 15.1. The first-order chi connectivity index (χ1) is 34.1. The molecule has 0 radical (unpaired) electrons. The van der Waals surface area contributed by atoms with Crippen LogP contribution in [0.1, 0.15) is 88.1 Å². The summed E-state index contributed by atoms with van der Waals surface area (Å²) in [5.41, 5.74) is -8.38. The zero-order valence-corrected chi connectivity index (χ0v) is 40.7. The number of H-pyrrole nitrogens is 1. The molecule has 16 nitrogen and oxygen atoms in total. The first kappa shape index (κ1) is 53.8. The maximum atomic E-state index is 15.9. The van der Waals surface area contributed by atoms with Gasteiger partial charge in [0.15, 0.2) is 28.9 Å². The molecule has 2 aliphatic heterocycles. The number of β-amino-alcohol motifs (C(OH)–C–C–N with tert-alkyl or cyclic N) is 1. The highest BCUT2D eigenvalue weighted by Gasteiger charge is 2.52. The number of imidazole rings is 1. The molecule has 73 heavy (non-hydrogen) atoms. The average Bonchev–Trinajstić information content (AvgIpc) is 4.09. The quantitative estimate of drug-likeness (QED) is 0.0512. The predicted octanol–water partition coefficient (Wildman–Crippen LogP) is 8.58. The number of aliphatic hydroxyl groups excluding tert-OH is 1. The van der Waals surface area contributed by atoms with Crippen molar-refractivity contribution in [1.29, 1.82) is 5.26 Å². The molecule has 0 aliphatic carbocycles. The molecule has 2 saturated heterocycles. The van der Waals surface area contributed by atoms with Crippen molar-refractivity contribution >= 4 is 46.4 Å². The topological polar surface area (TPSA) is 203 Å². The molecule has 25 heteroatoms. The van der Waals surface area contributed by atoms with Crippen molar-refractivity contribution in [2.24, 2.45) is 5.41 Å². The minimum Gasteiger partial charge on any atom is -0.494 e. The van der Waals surface area contributed by atoms with Crippen molar-refractivity contribution in [1.82, 2.24) is 30.2 Å². The Labute approximate surface area is 417 Å². The van der Waals surface area contributed by atoms with Gasteiger partial charge in [-0.1, -0.05) is 20.8 Å². The first-order valence-corrected chi connectivity index (χ1v) is 22.8. The normalized spacial score (nSPS) is 17.6. The van der Waals surface area contributed by atoms with E-state index in [-0.39, 0.29) is 44.0 Å². The second kappa shape index (κ2) is 20.5. The number of ether oxygens (including phenoxy) is 2. The van der Waals surface area contributed by atoms with Crippen molar-refractivity contribution in [3.05, 3.63) is 95.0 Å². The molecule has 3 N–H and O–H groups in total. The lowest BCUT2D eigenvalue weighted by atomic mass is 9.85. The van der Waals surface area contributed by atoms with Gasteiger partial charge < -0.3 is 39.1 Å². The number of aromatic nitrogens is 4. The molecule has 7 rings (SSSR count). The number of nitriles is 1. The number of hydrogen-bond acceptors (Lipinski definition) is 12. The van der Waals surface area contributed by atoms with Gasteiger partial charge >= 0.3 is 12.4 Å². The van der Waals surface area contributed by atoms with Crippen LogP contribution < -0.4 is 19.9 Å². The average molecular weight is 1050 g/mol. The summed E-state index contributed by atoms with van der Waals surface area (Å²) in [5, 5.41) is 21.9. The van der Waals surface area contributed by atoms with Gasteiger partial charge in [0.1, 0.15) is 46.7 Å². The van der Waals surface area contributed by atoms with E-state index in [9.17, 15) is 45.8 Å². The van der Waals surface area contributed by atoms with Crippen LogP contribution in [-0.4, -0.2) is 96.8 Å². The maximum Gasteiger partial charge on any atom is 0.420 e. The molecular formula is C48H47F8N9O7S. The second-order valence-corrected chi connectivity index (χ2v) is 19.2. The monoisotopic (exact) mass is 1050 g/mol. The molecule has 2 aromatic carbocycles. The van der Waals surface area contributed by atoms with Gasteiger partial charge in [0.05, 0.1) is 65.4 Å². The fraction of sp³-hybridized carbons (Fsp3) is 0.417. The fourth-order valence-electron chi connectivity index (χ4n) is 8.53. The smallest absolute Gasteiger partial charge is 0.420 e. The number of carbonyl (C=O) groups is 3. The minimum atomic E-state index is -5.34. The molecule has 3 aromatic heterocycles. The molecule has 0 saturated carbocycles. The zero-order valence-electron chi connectivity index (χ0n) is 39.8. The van der Waals surface area contributed by atoms with E-state index in [0.717, 1.165) is 29.3 Å². The van der Waals surface area contributed by atoms with Crippen molar-refractivity contribution in [3.63, 3.8) is 0 Å². The molecule has 5 heterocycles. The number of aryl methyl sites for hydroxylation is 1. The van der Waals surface area contributed by atoms with Crippen molar-refractivity contribution in [3.8, 4) is 34.5 Å². The SMILES string of the molecule is Cc1ncoc1-c1cnc([C@@H]2C[C@@H](O)CN2C(=O)[C@@H](NC(=O)COCCCCOc2ccc(-c3ncc(N4C(=S)N(c5ccc(C#N)c(C(F)(F)F)c5F)C(=O)C4(C)C)cc3F)c(C(F)(F)F)c2)C(C)(C)C)[nH]1. The number of thiocarbonyl (C=S) groups is 1. The third-order valence-electron chi connectivity index (χ3n) is 12.1. The first-order valence-electron chi connectivity index (χ1n) is 22.4. The van der Waals surface area contributed by atoms with E-state index in [1.165, 1.54) is 37.3 Å². The summed E-state index contributed by atoms with van der Waals surface area (Å²) in [6.07, 6.45) is -6.70. The largest absolute Gasteiger partial charge is 0.494 e. The third-order valence-corrected chi connectivity index (χ3v) is 12.5. The van der Waals surface area contributed by atoms with Crippen molar-refractivity contribution < 1.29 is 68.5 Å². The van der Waals surface area contributed by atoms with Gasteiger partial charge in [0.2, 0.25) is 11.8 Å². The number of aromatic amines is 1. The van der Waals surface area contributed by atoms with E-state index in [0.29, 0.717) is 46.4 Å². The van der Waals surface area contributed by atoms with E-state index < -0.39 is 116 Å². The van der Waals surface area contributed by atoms with Gasteiger partial charge in [0.25, 0.3) is 5.91 Å². The molecule has 5 aromatic rings. The number of unbranched alkanes of at least 4 members (excludes halogenated alkanes) is 1. The molecule has 3 amide bonds. The number of nitrogens with zero attached hydrogens (tertiary/aromatic N) is 7. The third kappa shape index (κ3) is 11.0. The highest BCUT2D eigenvalue weighted by molar-refractivity contribution is 7.81. The number of rotatable bonds is 15. The lowest BCUT2D eigenvalue weighted by molar-refractivity contribution is -0.141. The number of carbonyl (C=O) groups excluding carboxylic acids is 3. The summed E-state index contributed by atoms with van der Waals surface area (Å²) in [6.45, 7) is 9.13. The summed E-state index contributed by atoms with van der Waals surface area (Å²) < 4.78 is 133. The molecule has 0 bridgehead atoms. The van der Waals surface area contributed by atoms with Crippen LogP contribution >= 0.6 is 12.2 Å². The van der Waals surface area contributed by atoms with Gasteiger partial charge in [0, 0.05) is 31.2 Å². The molecule has 3 atom stereocenters. The fourth-order valence-corrected chi connectivity index (χ4v) is 9.04. The number of hydrogen-bond donors (Lipinski definition) is 3. The summed E-state index contributed by atoms with van der Waals surface area (Å²) >= 11 is 5.37. The number of aliphatic hydroxyl groups is 1. The van der Waals surface area contributed by atoms with Crippen LogP contribution in [0.25, 0.3) is 22.7 Å².